The number of aliphatic imine (C=N–C) groups is 1. The highest BCUT2D eigenvalue weighted by atomic mass is 16.6. The lowest BCUT2D eigenvalue weighted by molar-refractivity contribution is -0.110. The van der Waals surface area contributed by atoms with E-state index in [1.807, 2.05) is 20.8 Å². The van der Waals surface area contributed by atoms with Crippen LogP contribution in [0.25, 0.3) is 0 Å². The molecule has 0 spiro atoms. The molecular formula is C15H33N3O5. The first-order valence-electron chi connectivity index (χ1n) is 7.90. The molecule has 2 N–H and O–H groups in total. The average molecular weight is 335 g/mol. The fourth-order valence-corrected chi connectivity index (χ4v) is 1.31. The van der Waals surface area contributed by atoms with E-state index in [9.17, 15) is 14.4 Å². The van der Waals surface area contributed by atoms with Gasteiger partial charge in [0, 0.05) is 15.3 Å². The number of nitrogens with zero attached hydrogens (tertiary/aromatic N) is 1. The van der Waals surface area contributed by atoms with Crippen LogP contribution in [0.4, 0.5) is 9.59 Å². The predicted molar refractivity (Wildman–Crippen MR) is 92.7 cm³/mol. The van der Waals surface area contributed by atoms with Crippen LogP contribution in [0.3, 0.4) is 0 Å². The smallest absolute Gasteiger partial charge is 0.413 e. The first kappa shape index (κ1) is 23.2. The summed E-state index contributed by atoms with van der Waals surface area (Å²) in [5.41, 5.74) is 0. The fourth-order valence-electron chi connectivity index (χ4n) is 1.31. The Morgan fingerprint density at radius 2 is 1.61 bits per heavy atom. The van der Waals surface area contributed by atoms with Gasteiger partial charge in [-0.05, 0) is 26.7 Å². The second-order valence-corrected chi connectivity index (χ2v) is 4.18. The van der Waals surface area contributed by atoms with Crippen molar-refractivity contribution in [2.75, 3.05) is 19.8 Å². The molecule has 8 heteroatoms. The summed E-state index contributed by atoms with van der Waals surface area (Å²) in [6.45, 7) is 9.90. The average Bonchev–Trinajstić information content (AvgIpc) is 2.53. The molecular weight excluding hydrogens is 302 g/mol. The maximum atomic E-state index is 11.3. The number of carbonyl (C=O) groups excluding carboxylic acids is 3. The van der Waals surface area contributed by atoms with Crippen molar-refractivity contribution in [3.63, 3.8) is 0 Å². The summed E-state index contributed by atoms with van der Waals surface area (Å²) in [6.07, 6.45) is 0.777. The molecule has 0 aliphatic heterocycles. The molecule has 0 saturated carbocycles. The third-order valence-electron chi connectivity index (χ3n) is 2.31. The van der Waals surface area contributed by atoms with Crippen molar-refractivity contribution in [2.24, 2.45) is 10.9 Å². The number of aldehydes is 1. The molecule has 2 amide bonds. The highest BCUT2D eigenvalue weighted by Crippen LogP contribution is 2.01. The van der Waals surface area contributed by atoms with Gasteiger partial charge in [0.25, 0.3) is 0 Å². The molecule has 0 aromatic carbocycles. The van der Waals surface area contributed by atoms with Gasteiger partial charge in [-0.15, -0.1) is 0 Å². The van der Waals surface area contributed by atoms with Gasteiger partial charge < -0.3 is 14.3 Å². The second kappa shape index (κ2) is 16.3. The maximum Gasteiger partial charge on any atom is 0.413 e. The largest absolute Gasteiger partial charge is 0.450 e. The highest BCUT2D eigenvalue weighted by Gasteiger charge is 2.10. The van der Waals surface area contributed by atoms with Gasteiger partial charge in [-0.25, -0.2) is 9.59 Å². The number of hydrogen-bond donors (Lipinski definition) is 2. The van der Waals surface area contributed by atoms with Crippen LogP contribution in [-0.2, 0) is 14.3 Å². The van der Waals surface area contributed by atoms with Crippen molar-refractivity contribution < 1.29 is 26.7 Å². The number of ether oxygens (including phenoxy) is 2. The number of alkyl carbamates (subject to hydrolysis) is 2. The number of carbonyl (C=O) groups is 3. The molecule has 0 rings (SSSR count). The number of guanidine groups is 1. The van der Waals surface area contributed by atoms with Crippen molar-refractivity contribution in [2.45, 2.75) is 47.5 Å². The molecule has 0 saturated heterocycles. The Labute approximate surface area is 141 Å². The maximum absolute atomic E-state index is 11.3. The van der Waals surface area contributed by atoms with Gasteiger partial charge in [0.1, 0.15) is 6.29 Å². The Bertz CT molecular complexity index is 360. The summed E-state index contributed by atoms with van der Waals surface area (Å²) < 4.78 is 9.41. The van der Waals surface area contributed by atoms with Crippen LogP contribution in [0.1, 0.15) is 50.3 Å². The Kier molecular flexibility index (Phi) is 16.4. The Balaban J connectivity index is -0.000000530. The molecule has 1 atom stereocenters. The molecule has 0 aromatic heterocycles. The predicted octanol–water partition coefficient (Wildman–Crippen LogP) is 2.97. The number of amides is 2. The minimum absolute atomic E-state index is 0. The van der Waals surface area contributed by atoms with Crippen LogP contribution in [0.5, 0.6) is 0 Å². The summed E-state index contributed by atoms with van der Waals surface area (Å²) in [6, 6.07) is 0. The molecule has 23 heavy (non-hydrogen) atoms. The fraction of sp³-hybridized carbons (Fsp3) is 0.733. The minimum Gasteiger partial charge on any atom is -0.450 e. The van der Waals surface area contributed by atoms with Crippen LogP contribution >= 0.6 is 0 Å². The highest BCUT2D eigenvalue weighted by molar-refractivity contribution is 6.01. The Hall–Kier alpha value is -2.12. The monoisotopic (exact) mass is 335 g/mol. The number of hydrogen-bond acceptors (Lipinski definition) is 6. The molecule has 0 bridgehead atoms. The van der Waals surface area contributed by atoms with Gasteiger partial charge in [-0.1, -0.05) is 20.8 Å². The zero-order valence-electron chi connectivity index (χ0n) is 14.7. The molecule has 0 heterocycles. The van der Waals surface area contributed by atoms with Crippen LogP contribution < -0.4 is 10.6 Å². The van der Waals surface area contributed by atoms with Gasteiger partial charge >= 0.3 is 12.2 Å². The molecule has 0 aromatic rings. The van der Waals surface area contributed by atoms with Gasteiger partial charge in [0.15, 0.2) is 0 Å². The molecule has 138 valence electrons. The third kappa shape index (κ3) is 14.6. The Morgan fingerprint density at radius 1 is 1.13 bits per heavy atom. The van der Waals surface area contributed by atoms with Crippen molar-refractivity contribution in [1.29, 1.82) is 0 Å². The van der Waals surface area contributed by atoms with Crippen LogP contribution in [0.15, 0.2) is 4.99 Å². The lowest BCUT2D eigenvalue weighted by Crippen LogP contribution is -2.44. The quantitative estimate of drug-likeness (QED) is 0.322. The molecule has 0 aliphatic carbocycles. The van der Waals surface area contributed by atoms with E-state index in [0.29, 0.717) is 19.4 Å². The summed E-state index contributed by atoms with van der Waals surface area (Å²) >= 11 is 0. The molecule has 8 nitrogen and oxygen atoms in total. The first-order valence-corrected chi connectivity index (χ1v) is 7.90. The van der Waals surface area contributed by atoms with E-state index >= 15 is 0 Å². The van der Waals surface area contributed by atoms with E-state index in [-0.39, 0.29) is 27.9 Å². The molecule has 1 unspecified atom stereocenters. The van der Waals surface area contributed by atoms with Crippen LogP contribution in [0, 0.1) is 5.92 Å². The van der Waals surface area contributed by atoms with Gasteiger partial charge in [0.2, 0.25) is 5.96 Å². The Morgan fingerprint density at radius 3 is 2.00 bits per heavy atom. The number of nitrogens with one attached hydrogen (secondary N) is 2. The number of rotatable bonds is 7. The van der Waals surface area contributed by atoms with E-state index in [1.54, 1.807) is 13.8 Å². The summed E-state index contributed by atoms with van der Waals surface area (Å²) in [7, 11) is 0. The zero-order valence-corrected chi connectivity index (χ0v) is 14.7. The van der Waals surface area contributed by atoms with Gasteiger partial charge in [-0.3, -0.25) is 15.6 Å². The van der Waals surface area contributed by atoms with E-state index < -0.39 is 12.2 Å². The second-order valence-electron chi connectivity index (χ2n) is 4.18. The normalized spacial score (nSPS) is 10.3. The van der Waals surface area contributed by atoms with E-state index in [2.05, 4.69) is 15.6 Å². The van der Waals surface area contributed by atoms with Crippen LogP contribution in [-0.4, -0.2) is 44.2 Å². The lowest BCUT2D eigenvalue weighted by atomic mass is 10.1. The minimum atomic E-state index is -0.714. The standard InChI is InChI=1S/C13H23N3O5.C2H6.2H2/c1-4-20-12(18)15-11(16-13(19)21-5-2)14-8-6-7-10(3)9-17;1-2;;/h9-10H,4-8H2,1-3H3,(H2,14,15,16,18,19);1-2H3;2*1H. The van der Waals surface area contributed by atoms with E-state index in [1.165, 1.54) is 0 Å². The van der Waals surface area contributed by atoms with Crippen molar-refractivity contribution in [3.05, 3.63) is 0 Å². The van der Waals surface area contributed by atoms with Gasteiger partial charge in [0.05, 0.1) is 13.2 Å². The topological polar surface area (TPSA) is 106 Å². The van der Waals surface area contributed by atoms with Gasteiger partial charge in [-0.2, -0.15) is 0 Å². The SMILES string of the molecule is CC.CCOC(=O)NC(=NCCCC(C)C=O)NC(=O)OCC.[HH].[HH]. The van der Waals surface area contributed by atoms with Crippen molar-refractivity contribution in [3.8, 4) is 0 Å². The van der Waals surface area contributed by atoms with Crippen molar-refractivity contribution >= 4 is 24.4 Å². The third-order valence-corrected chi connectivity index (χ3v) is 2.31. The lowest BCUT2D eigenvalue weighted by Gasteiger charge is -2.10. The summed E-state index contributed by atoms with van der Waals surface area (Å²) in [5, 5.41) is 4.63. The molecule has 0 radical (unpaired) electrons. The zero-order chi connectivity index (χ0) is 18.1. The van der Waals surface area contributed by atoms with E-state index in [4.69, 9.17) is 9.47 Å². The summed E-state index contributed by atoms with van der Waals surface area (Å²) in [5.74, 6) is -0.0784. The molecule has 0 aliphatic rings. The van der Waals surface area contributed by atoms with Crippen LogP contribution in [0.2, 0.25) is 0 Å². The van der Waals surface area contributed by atoms with Crippen molar-refractivity contribution in [1.82, 2.24) is 10.6 Å². The first-order chi connectivity index (χ1) is 11.0. The molecule has 0 fully saturated rings. The summed E-state index contributed by atoms with van der Waals surface area (Å²) in [4.78, 5) is 37.2. The van der Waals surface area contributed by atoms with E-state index in [0.717, 1.165) is 6.29 Å².